The second-order valence-electron chi connectivity index (χ2n) is 7.22. The van der Waals surface area contributed by atoms with Crippen molar-refractivity contribution in [2.75, 3.05) is 13.1 Å². The molecule has 0 aromatic heterocycles. The number of nitrogens with zero attached hydrogens (tertiary/aromatic N) is 1. The molecule has 0 aliphatic carbocycles. The number of carbonyl (C=O) groups excluding carboxylic acids is 2. The Morgan fingerprint density at radius 1 is 1.03 bits per heavy atom. The number of nitrogens with two attached hydrogens (primary N) is 1. The van der Waals surface area contributed by atoms with Crippen molar-refractivity contribution in [1.29, 1.82) is 0 Å². The smallest absolute Gasteiger partial charge is 0.243 e. The minimum atomic E-state index is -0.830. The molecule has 0 fully saturated rings. The molecule has 0 radical (unpaired) electrons. The first-order valence-electron chi connectivity index (χ1n) is 10.1. The maximum Gasteiger partial charge on any atom is 0.243 e. The largest absolute Gasteiger partial charge is 0.508 e. The zero-order chi connectivity index (χ0) is 21.2. The number of hydrogen-bond acceptors (Lipinski definition) is 5. The standard InChI is InChI=1S/C23H31N3O3.ClH/c1-3-26(15-7-10-18-8-5-4-6-9-18)17(2)22(28)25-23(29)21(24)16-19-11-13-20(27)14-12-19;/h4-6,8-9,11-14,17,21,27H,3,7,10,15-16,24H2,1-2H3,(H,25,28,29);1H/t17-,21+;/m1./s1. The second-order valence-corrected chi connectivity index (χ2v) is 7.22. The highest BCUT2D eigenvalue weighted by Crippen LogP contribution is 2.11. The summed E-state index contributed by atoms with van der Waals surface area (Å²) in [5, 5.41) is 11.8. The van der Waals surface area contributed by atoms with Gasteiger partial charge < -0.3 is 10.8 Å². The van der Waals surface area contributed by atoms with E-state index in [4.69, 9.17) is 5.73 Å². The Morgan fingerprint density at radius 3 is 2.27 bits per heavy atom. The van der Waals surface area contributed by atoms with Crippen molar-refractivity contribution in [2.24, 2.45) is 5.73 Å². The molecule has 0 spiro atoms. The van der Waals surface area contributed by atoms with E-state index >= 15 is 0 Å². The molecule has 2 aromatic carbocycles. The van der Waals surface area contributed by atoms with Crippen LogP contribution in [0, 0.1) is 0 Å². The van der Waals surface area contributed by atoms with Gasteiger partial charge in [-0.3, -0.25) is 19.8 Å². The number of phenolic OH excluding ortho intramolecular Hbond substituents is 1. The van der Waals surface area contributed by atoms with Gasteiger partial charge in [-0.2, -0.15) is 0 Å². The molecule has 2 aromatic rings. The van der Waals surface area contributed by atoms with E-state index in [1.807, 2.05) is 25.1 Å². The topological polar surface area (TPSA) is 95.7 Å². The fraction of sp³-hybridized carbons (Fsp3) is 0.391. The highest BCUT2D eigenvalue weighted by Gasteiger charge is 2.24. The summed E-state index contributed by atoms with van der Waals surface area (Å²) >= 11 is 0. The summed E-state index contributed by atoms with van der Waals surface area (Å²) in [6.07, 6.45) is 2.17. The van der Waals surface area contributed by atoms with E-state index in [1.165, 1.54) is 5.56 Å². The number of hydrogen-bond donors (Lipinski definition) is 3. The van der Waals surface area contributed by atoms with Gasteiger partial charge in [-0.15, -0.1) is 12.4 Å². The van der Waals surface area contributed by atoms with Gasteiger partial charge in [0.05, 0.1) is 12.1 Å². The van der Waals surface area contributed by atoms with Crippen LogP contribution in [-0.2, 0) is 22.4 Å². The molecule has 2 rings (SSSR count). The minimum absolute atomic E-state index is 0. The van der Waals surface area contributed by atoms with Gasteiger partial charge in [-0.25, -0.2) is 0 Å². The van der Waals surface area contributed by atoms with Crippen molar-refractivity contribution in [3.8, 4) is 5.75 Å². The lowest BCUT2D eigenvalue weighted by atomic mass is 10.1. The SMILES string of the molecule is CCN(CCCc1ccccc1)[C@H](C)C(=O)NC(=O)[C@@H](N)Cc1ccc(O)cc1.Cl. The molecule has 164 valence electrons. The quantitative estimate of drug-likeness (QED) is 0.535. The van der Waals surface area contributed by atoms with E-state index in [9.17, 15) is 14.7 Å². The maximum absolute atomic E-state index is 12.5. The molecule has 0 saturated carbocycles. The van der Waals surface area contributed by atoms with Crippen LogP contribution in [0.4, 0.5) is 0 Å². The molecular weight excluding hydrogens is 402 g/mol. The Hall–Kier alpha value is -2.41. The Labute approximate surface area is 184 Å². The van der Waals surface area contributed by atoms with Gasteiger partial charge in [0.2, 0.25) is 11.8 Å². The molecular formula is C23H32ClN3O3. The van der Waals surface area contributed by atoms with E-state index < -0.39 is 18.0 Å². The van der Waals surface area contributed by atoms with E-state index in [-0.39, 0.29) is 24.1 Å². The molecule has 2 atom stereocenters. The molecule has 4 N–H and O–H groups in total. The van der Waals surface area contributed by atoms with Crippen LogP contribution in [0.5, 0.6) is 5.75 Å². The number of carbonyl (C=O) groups is 2. The molecule has 0 saturated heterocycles. The summed E-state index contributed by atoms with van der Waals surface area (Å²) in [6, 6.07) is 15.5. The first-order chi connectivity index (χ1) is 13.9. The number of benzene rings is 2. The van der Waals surface area contributed by atoms with Gasteiger partial charge in [0.1, 0.15) is 5.75 Å². The summed E-state index contributed by atoms with van der Waals surface area (Å²) in [5.74, 6) is -0.671. The van der Waals surface area contributed by atoms with Crippen LogP contribution in [0.25, 0.3) is 0 Å². The zero-order valence-electron chi connectivity index (χ0n) is 17.6. The van der Waals surface area contributed by atoms with Crippen LogP contribution in [-0.4, -0.2) is 47.0 Å². The third-order valence-electron chi connectivity index (χ3n) is 5.06. The normalized spacial score (nSPS) is 12.7. The fourth-order valence-corrected chi connectivity index (χ4v) is 3.22. The van der Waals surface area contributed by atoms with Crippen LogP contribution in [0.15, 0.2) is 54.6 Å². The van der Waals surface area contributed by atoms with Crippen molar-refractivity contribution >= 4 is 24.2 Å². The van der Waals surface area contributed by atoms with Crippen molar-refractivity contribution < 1.29 is 14.7 Å². The van der Waals surface area contributed by atoms with Crippen molar-refractivity contribution in [3.05, 3.63) is 65.7 Å². The number of aromatic hydroxyl groups is 1. The van der Waals surface area contributed by atoms with Crippen molar-refractivity contribution in [2.45, 2.75) is 45.2 Å². The summed E-state index contributed by atoms with van der Waals surface area (Å²) in [5.41, 5.74) is 8.04. The first kappa shape index (κ1) is 25.6. The van der Waals surface area contributed by atoms with E-state index in [0.29, 0.717) is 6.42 Å². The average Bonchev–Trinajstić information content (AvgIpc) is 2.73. The number of halogens is 1. The van der Waals surface area contributed by atoms with E-state index in [0.717, 1.165) is 31.5 Å². The molecule has 2 amide bonds. The Kier molecular flexibility index (Phi) is 11.1. The predicted octanol–water partition coefficient (Wildman–Crippen LogP) is 2.67. The Balaban J connectivity index is 0.00000450. The van der Waals surface area contributed by atoms with Gasteiger partial charge >= 0.3 is 0 Å². The van der Waals surface area contributed by atoms with Crippen LogP contribution >= 0.6 is 12.4 Å². The number of phenols is 1. The zero-order valence-corrected chi connectivity index (χ0v) is 18.4. The monoisotopic (exact) mass is 433 g/mol. The summed E-state index contributed by atoms with van der Waals surface area (Å²) in [6.45, 7) is 5.30. The first-order valence-corrected chi connectivity index (χ1v) is 10.1. The van der Waals surface area contributed by atoms with Crippen LogP contribution in [0.1, 0.15) is 31.4 Å². The molecule has 0 aliphatic heterocycles. The summed E-state index contributed by atoms with van der Waals surface area (Å²) < 4.78 is 0. The molecule has 0 aliphatic rings. The van der Waals surface area contributed by atoms with E-state index in [1.54, 1.807) is 31.2 Å². The molecule has 0 unspecified atom stereocenters. The average molecular weight is 434 g/mol. The predicted molar refractivity (Wildman–Crippen MR) is 122 cm³/mol. The highest BCUT2D eigenvalue weighted by atomic mass is 35.5. The van der Waals surface area contributed by atoms with Gasteiger partial charge in [0, 0.05) is 0 Å². The highest BCUT2D eigenvalue weighted by molar-refractivity contribution is 5.99. The summed E-state index contributed by atoms with van der Waals surface area (Å²) in [4.78, 5) is 26.9. The number of likely N-dealkylation sites (N-methyl/N-ethyl adjacent to an activating group) is 1. The molecule has 30 heavy (non-hydrogen) atoms. The third kappa shape index (κ3) is 8.14. The van der Waals surface area contributed by atoms with Gasteiger partial charge in [0.25, 0.3) is 0 Å². The Morgan fingerprint density at radius 2 is 1.67 bits per heavy atom. The van der Waals surface area contributed by atoms with E-state index in [2.05, 4.69) is 22.3 Å². The van der Waals surface area contributed by atoms with Crippen LogP contribution in [0.2, 0.25) is 0 Å². The molecule has 6 nitrogen and oxygen atoms in total. The van der Waals surface area contributed by atoms with Crippen LogP contribution < -0.4 is 11.1 Å². The second kappa shape index (κ2) is 13.0. The van der Waals surface area contributed by atoms with Crippen LogP contribution in [0.3, 0.4) is 0 Å². The number of nitrogens with one attached hydrogen (secondary N) is 1. The number of amides is 2. The minimum Gasteiger partial charge on any atom is -0.508 e. The molecule has 0 bridgehead atoms. The van der Waals surface area contributed by atoms with Gasteiger partial charge in [-0.1, -0.05) is 49.4 Å². The fourth-order valence-electron chi connectivity index (χ4n) is 3.22. The lowest BCUT2D eigenvalue weighted by Crippen LogP contribution is -2.51. The van der Waals surface area contributed by atoms with Crippen molar-refractivity contribution in [1.82, 2.24) is 10.2 Å². The number of aryl methyl sites for hydroxylation is 1. The van der Waals surface area contributed by atoms with Crippen molar-refractivity contribution in [3.63, 3.8) is 0 Å². The Bertz CT molecular complexity index is 784. The third-order valence-corrected chi connectivity index (χ3v) is 5.06. The molecule has 0 heterocycles. The van der Waals surface area contributed by atoms with Gasteiger partial charge in [0.15, 0.2) is 0 Å². The number of rotatable bonds is 10. The number of imide groups is 1. The maximum atomic E-state index is 12.5. The summed E-state index contributed by atoms with van der Waals surface area (Å²) in [7, 11) is 0. The van der Waals surface area contributed by atoms with Gasteiger partial charge in [-0.05, 0) is 62.5 Å². The molecule has 7 heteroatoms. The lowest BCUT2D eigenvalue weighted by molar-refractivity contribution is -0.134. The lowest BCUT2D eigenvalue weighted by Gasteiger charge is -2.27.